The second kappa shape index (κ2) is 2.36. The summed E-state index contributed by atoms with van der Waals surface area (Å²) >= 11 is 0. The number of fused-ring (bicyclic) bond motifs is 2. The molecule has 0 amide bonds. The van der Waals surface area contributed by atoms with Gasteiger partial charge in [-0.2, -0.15) is 0 Å². The molecule has 1 saturated carbocycles. The second-order valence-electron chi connectivity index (χ2n) is 3.64. The summed E-state index contributed by atoms with van der Waals surface area (Å²) in [4.78, 5) is 10.4. The number of carboxylic acid groups (broad SMARTS) is 1. The number of carboxylic acids is 1. The number of aliphatic carboxylic acids is 1. The van der Waals surface area contributed by atoms with E-state index >= 15 is 0 Å². The minimum atomic E-state index is -0.643. The molecule has 1 unspecified atom stereocenters. The predicted molar refractivity (Wildman–Crippen MR) is 41.1 cm³/mol. The van der Waals surface area contributed by atoms with E-state index in [1.807, 2.05) is 0 Å². The van der Waals surface area contributed by atoms with Gasteiger partial charge in [0.25, 0.3) is 0 Å². The Morgan fingerprint density at radius 2 is 2.27 bits per heavy atom. The Morgan fingerprint density at radius 1 is 1.45 bits per heavy atom. The van der Waals surface area contributed by atoms with Crippen molar-refractivity contribution in [2.75, 3.05) is 0 Å². The summed E-state index contributed by atoms with van der Waals surface area (Å²) in [5.74, 6) is 1.07. The fourth-order valence-electron chi connectivity index (χ4n) is 2.35. The molecule has 0 aromatic carbocycles. The highest BCUT2D eigenvalue weighted by Gasteiger charge is 2.36. The molecule has 2 nitrogen and oxygen atoms in total. The zero-order valence-electron chi connectivity index (χ0n) is 6.36. The largest absolute Gasteiger partial charge is 0.481 e. The third-order valence-corrected chi connectivity index (χ3v) is 2.85. The molecule has 2 rings (SSSR count). The third kappa shape index (κ3) is 1.17. The van der Waals surface area contributed by atoms with Gasteiger partial charge in [0.05, 0.1) is 0 Å². The van der Waals surface area contributed by atoms with Crippen molar-refractivity contribution in [3.05, 3.63) is 12.2 Å². The summed E-state index contributed by atoms with van der Waals surface area (Å²) in [5, 5.41) is 8.58. The summed E-state index contributed by atoms with van der Waals surface area (Å²) in [5.41, 5.74) is 0. The summed E-state index contributed by atoms with van der Waals surface area (Å²) in [6.07, 6.45) is 7.11. The molecule has 2 aliphatic rings. The highest BCUT2D eigenvalue weighted by atomic mass is 16.4. The van der Waals surface area contributed by atoms with Crippen molar-refractivity contribution in [2.24, 2.45) is 17.8 Å². The van der Waals surface area contributed by atoms with Gasteiger partial charge in [0, 0.05) is 6.42 Å². The van der Waals surface area contributed by atoms with Gasteiger partial charge in [-0.1, -0.05) is 12.2 Å². The molecule has 2 bridgehead atoms. The van der Waals surface area contributed by atoms with Crippen LogP contribution in [0.25, 0.3) is 0 Å². The highest BCUT2D eigenvalue weighted by molar-refractivity contribution is 5.67. The zero-order chi connectivity index (χ0) is 7.84. The van der Waals surface area contributed by atoms with Crippen molar-refractivity contribution in [3.63, 3.8) is 0 Å². The number of hydrogen-bond acceptors (Lipinski definition) is 1. The van der Waals surface area contributed by atoms with Gasteiger partial charge in [0.2, 0.25) is 0 Å². The van der Waals surface area contributed by atoms with Crippen molar-refractivity contribution in [1.29, 1.82) is 0 Å². The van der Waals surface area contributed by atoms with Gasteiger partial charge >= 0.3 is 5.97 Å². The normalized spacial score (nSPS) is 39.8. The van der Waals surface area contributed by atoms with E-state index in [0.717, 1.165) is 6.42 Å². The van der Waals surface area contributed by atoms with E-state index in [1.165, 1.54) is 6.42 Å². The van der Waals surface area contributed by atoms with Crippen LogP contribution in [0.2, 0.25) is 0 Å². The lowest BCUT2D eigenvalue weighted by molar-refractivity contribution is -0.138. The average molecular weight is 152 g/mol. The van der Waals surface area contributed by atoms with Gasteiger partial charge in [-0.3, -0.25) is 4.79 Å². The standard InChI is InChI=1S/C9H12O2/c10-9(11)5-8-4-6-1-2-7(8)3-6/h1-2,6-8H,3-5H2,(H,10,11)/t6-,7+,8?/m0/s1. The lowest BCUT2D eigenvalue weighted by atomic mass is 9.91. The van der Waals surface area contributed by atoms with Gasteiger partial charge in [0.15, 0.2) is 0 Å². The maximum Gasteiger partial charge on any atom is 0.303 e. The molecule has 1 N–H and O–H groups in total. The van der Waals surface area contributed by atoms with Gasteiger partial charge in [-0.25, -0.2) is 0 Å². The quantitative estimate of drug-likeness (QED) is 0.611. The zero-order valence-corrected chi connectivity index (χ0v) is 6.36. The molecular weight excluding hydrogens is 140 g/mol. The van der Waals surface area contributed by atoms with Crippen LogP contribution in [-0.2, 0) is 4.79 Å². The number of rotatable bonds is 2. The smallest absolute Gasteiger partial charge is 0.303 e. The monoisotopic (exact) mass is 152 g/mol. The maximum atomic E-state index is 10.4. The summed E-state index contributed by atoms with van der Waals surface area (Å²) in [6.45, 7) is 0. The van der Waals surface area contributed by atoms with Crippen molar-refractivity contribution >= 4 is 5.97 Å². The van der Waals surface area contributed by atoms with E-state index in [0.29, 0.717) is 24.2 Å². The van der Waals surface area contributed by atoms with Crippen molar-refractivity contribution in [1.82, 2.24) is 0 Å². The van der Waals surface area contributed by atoms with Crippen LogP contribution in [0.5, 0.6) is 0 Å². The highest BCUT2D eigenvalue weighted by Crippen LogP contribution is 2.44. The molecule has 2 aliphatic carbocycles. The van der Waals surface area contributed by atoms with Crippen LogP contribution in [0.15, 0.2) is 12.2 Å². The van der Waals surface area contributed by atoms with Gasteiger partial charge in [-0.05, 0) is 30.6 Å². The molecule has 2 heteroatoms. The first-order valence-corrected chi connectivity index (χ1v) is 4.16. The Morgan fingerprint density at radius 3 is 2.73 bits per heavy atom. The van der Waals surface area contributed by atoms with Gasteiger partial charge in [-0.15, -0.1) is 0 Å². The second-order valence-corrected chi connectivity index (χ2v) is 3.64. The van der Waals surface area contributed by atoms with Crippen LogP contribution in [-0.4, -0.2) is 11.1 Å². The Bertz CT molecular complexity index is 208. The molecule has 0 radical (unpaired) electrons. The molecule has 0 spiro atoms. The van der Waals surface area contributed by atoms with Crippen molar-refractivity contribution in [3.8, 4) is 0 Å². The fourth-order valence-corrected chi connectivity index (χ4v) is 2.35. The first-order valence-electron chi connectivity index (χ1n) is 4.16. The Kier molecular flexibility index (Phi) is 1.48. The van der Waals surface area contributed by atoms with Crippen molar-refractivity contribution in [2.45, 2.75) is 19.3 Å². The summed E-state index contributed by atoms with van der Waals surface area (Å²) in [6, 6.07) is 0. The predicted octanol–water partition coefficient (Wildman–Crippen LogP) is 1.67. The number of allylic oxidation sites excluding steroid dienone is 2. The van der Waals surface area contributed by atoms with E-state index in [4.69, 9.17) is 5.11 Å². The summed E-state index contributed by atoms with van der Waals surface area (Å²) < 4.78 is 0. The molecule has 0 saturated heterocycles. The third-order valence-electron chi connectivity index (χ3n) is 2.85. The molecule has 0 heterocycles. The minimum absolute atomic E-state index is 0.367. The maximum absolute atomic E-state index is 10.4. The lowest BCUT2D eigenvalue weighted by Gasteiger charge is -2.14. The number of hydrogen-bond donors (Lipinski definition) is 1. The average Bonchev–Trinajstić information content (AvgIpc) is 2.45. The lowest BCUT2D eigenvalue weighted by Crippen LogP contribution is -2.11. The van der Waals surface area contributed by atoms with Crippen LogP contribution in [0.3, 0.4) is 0 Å². The molecule has 0 aromatic heterocycles. The Labute approximate surface area is 65.9 Å². The molecule has 0 aromatic rings. The van der Waals surface area contributed by atoms with E-state index in [-0.39, 0.29) is 0 Å². The van der Waals surface area contributed by atoms with Crippen LogP contribution >= 0.6 is 0 Å². The Hall–Kier alpha value is -0.790. The first kappa shape index (κ1) is 6.89. The SMILES string of the molecule is O=C(O)CC1C[C@H]2C=C[C@@H]1C2. The molecule has 3 atom stereocenters. The van der Waals surface area contributed by atoms with Gasteiger partial charge in [0.1, 0.15) is 0 Å². The first-order chi connectivity index (χ1) is 5.25. The minimum Gasteiger partial charge on any atom is -0.481 e. The van der Waals surface area contributed by atoms with Crippen LogP contribution in [0.1, 0.15) is 19.3 Å². The number of carbonyl (C=O) groups is 1. The Balaban J connectivity index is 1.98. The van der Waals surface area contributed by atoms with E-state index in [2.05, 4.69) is 12.2 Å². The van der Waals surface area contributed by atoms with E-state index < -0.39 is 5.97 Å². The van der Waals surface area contributed by atoms with Crippen LogP contribution < -0.4 is 0 Å². The van der Waals surface area contributed by atoms with Gasteiger partial charge < -0.3 is 5.11 Å². The summed E-state index contributed by atoms with van der Waals surface area (Å²) in [7, 11) is 0. The molecule has 0 aliphatic heterocycles. The topological polar surface area (TPSA) is 37.3 Å². The van der Waals surface area contributed by atoms with Crippen LogP contribution in [0, 0.1) is 17.8 Å². The van der Waals surface area contributed by atoms with Crippen molar-refractivity contribution < 1.29 is 9.90 Å². The molecular formula is C9H12O2. The molecule has 11 heavy (non-hydrogen) atoms. The molecule has 60 valence electrons. The van der Waals surface area contributed by atoms with E-state index in [9.17, 15) is 4.79 Å². The molecule has 1 fully saturated rings. The van der Waals surface area contributed by atoms with E-state index in [1.54, 1.807) is 0 Å². The fraction of sp³-hybridized carbons (Fsp3) is 0.667. The van der Waals surface area contributed by atoms with Crippen LogP contribution in [0.4, 0.5) is 0 Å².